The lowest BCUT2D eigenvalue weighted by molar-refractivity contribution is 0.572. The molecule has 1 aromatic heterocycles. The van der Waals surface area contributed by atoms with E-state index in [9.17, 15) is 4.79 Å². The van der Waals surface area contributed by atoms with Crippen LogP contribution in [0.1, 0.15) is 20.8 Å². The first-order valence-corrected chi connectivity index (χ1v) is 6.66. The van der Waals surface area contributed by atoms with Gasteiger partial charge in [-0.1, -0.05) is 25.6 Å². The average Bonchev–Trinajstić information content (AvgIpc) is 2.64. The van der Waals surface area contributed by atoms with Crippen LogP contribution in [0, 0.1) is 5.92 Å². The fraction of sp³-hybridized carbons (Fsp3) is 0.800. The van der Waals surface area contributed by atoms with Crippen molar-refractivity contribution in [2.75, 3.05) is 18.8 Å². The highest BCUT2D eigenvalue weighted by atomic mass is 32.2. The normalized spacial score (nSPS) is 12.9. The first kappa shape index (κ1) is 13.3. The molecular formula is C10H20N4OS. The Morgan fingerprint density at radius 3 is 2.94 bits per heavy atom. The van der Waals surface area contributed by atoms with E-state index in [2.05, 4.69) is 29.4 Å². The van der Waals surface area contributed by atoms with Crippen LogP contribution in [0.3, 0.4) is 0 Å². The number of nitrogens with one attached hydrogen (secondary N) is 2. The van der Waals surface area contributed by atoms with E-state index in [1.54, 1.807) is 16.3 Å². The van der Waals surface area contributed by atoms with Gasteiger partial charge in [0.25, 0.3) is 0 Å². The number of hydrogen-bond acceptors (Lipinski definition) is 4. The summed E-state index contributed by atoms with van der Waals surface area (Å²) in [5, 5.41) is 10.6. The quantitative estimate of drug-likeness (QED) is 0.700. The number of aromatic nitrogens is 3. The molecule has 1 unspecified atom stereocenters. The molecule has 6 heteroatoms. The molecule has 16 heavy (non-hydrogen) atoms. The van der Waals surface area contributed by atoms with Crippen molar-refractivity contribution in [2.45, 2.75) is 32.5 Å². The van der Waals surface area contributed by atoms with Gasteiger partial charge in [0.2, 0.25) is 0 Å². The first-order valence-electron chi connectivity index (χ1n) is 5.67. The molecule has 0 radical (unpaired) electrons. The molecule has 5 nitrogen and oxygen atoms in total. The van der Waals surface area contributed by atoms with Crippen molar-refractivity contribution in [3.8, 4) is 0 Å². The van der Waals surface area contributed by atoms with Crippen molar-refractivity contribution in [3.05, 3.63) is 10.5 Å². The zero-order valence-corrected chi connectivity index (χ0v) is 10.9. The molecule has 0 aliphatic rings. The van der Waals surface area contributed by atoms with Gasteiger partial charge >= 0.3 is 5.69 Å². The van der Waals surface area contributed by atoms with Gasteiger partial charge in [0.05, 0.1) is 0 Å². The Hall–Kier alpha value is -0.750. The van der Waals surface area contributed by atoms with Crippen LogP contribution in [-0.2, 0) is 6.54 Å². The van der Waals surface area contributed by atoms with Gasteiger partial charge in [-0.05, 0) is 25.9 Å². The summed E-state index contributed by atoms with van der Waals surface area (Å²) in [4.78, 5) is 11.3. The Labute approximate surface area is 100 Å². The molecule has 1 aromatic rings. The lowest BCUT2D eigenvalue weighted by Gasteiger charge is -2.10. The summed E-state index contributed by atoms with van der Waals surface area (Å²) in [7, 11) is 0. The van der Waals surface area contributed by atoms with Crippen LogP contribution in [-0.4, -0.2) is 33.6 Å². The maximum Gasteiger partial charge on any atom is 0.343 e. The van der Waals surface area contributed by atoms with Crippen molar-refractivity contribution in [1.82, 2.24) is 20.1 Å². The number of H-pyrrole nitrogens is 1. The summed E-state index contributed by atoms with van der Waals surface area (Å²) in [6, 6.07) is 0. The maximum absolute atomic E-state index is 11.3. The van der Waals surface area contributed by atoms with Gasteiger partial charge < -0.3 is 5.32 Å². The van der Waals surface area contributed by atoms with E-state index < -0.39 is 0 Å². The topological polar surface area (TPSA) is 62.7 Å². The van der Waals surface area contributed by atoms with Crippen LogP contribution in [0.4, 0.5) is 0 Å². The smallest absolute Gasteiger partial charge is 0.317 e. The second kappa shape index (κ2) is 6.75. The molecule has 0 amide bonds. The molecule has 0 saturated carbocycles. The molecular weight excluding hydrogens is 224 g/mol. The highest BCUT2D eigenvalue weighted by Crippen LogP contribution is 2.16. The first-order chi connectivity index (χ1) is 7.69. The average molecular weight is 244 g/mol. The highest BCUT2D eigenvalue weighted by molar-refractivity contribution is 7.99. The predicted molar refractivity (Wildman–Crippen MR) is 67.0 cm³/mol. The van der Waals surface area contributed by atoms with Gasteiger partial charge in [0.1, 0.15) is 0 Å². The SMILES string of the molecule is CCNCC(C)CSc1n[nH]c(=O)n1CC. The Kier molecular flexibility index (Phi) is 5.62. The molecule has 0 aliphatic heterocycles. The van der Waals surface area contributed by atoms with E-state index in [1.165, 1.54) is 0 Å². The third kappa shape index (κ3) is 3.68. The Bertz CT molecular complexity index is 360. The van der Waals surface area contributed by atoms with E-state index >= 15 is 0 Å². The Balaban J connectivity index is 2.45. The highest BCUT2D eigenvalue weighted by Gasteiger charge is 2.09. The summed E-state index contributed by atoms with van der Waals surface area (Å²) in [5.41, 5.74) is -0.121. The molecule has 0 fully saturated rings. The molecule has 0 spiro atoms. The van der Waals surface area contributed by atoms with Gasteiger partial charge in [0, 0.05) is 12.3 Å². The minimum absolute atomic E-state index is 0.121. The van der Waals surface area contributed by atoms with Gasteiger partial charge in [0.15, 0.2) is 5.16 Å². The summed E-state index contributed by atoms with van der Waals surface area (Å²) in [6.07, 6.45) is 0. The van der Waals surface area contributed by atoms with Crippen molar-refractivity contribution >= 4 is 11.8 Å². The number of nitrogens with zero attached hydrogens (tertiary/aromatic N) is 2. The summed E-state index contributed by atoms with van der Waals surface area (Å²) >= 11 is 1.63. The van der Waals surface area contributed by atoms with Crippen LogP contribution < -0.4 is 11.0 Å². The monoisotopic (exact) mass is 244 g/mol. The molecule has 1 atom stereocenters. The van der Waals surface area contributed by atoms with Crippen LogP contribution in [0.25, 0.3) is 0 Å². The number of hydrogen-bond donors (Lipinski definition) is 2. The van der Waals surface area contributed by atoms with Gasteiger partial charge in [-0.2, -0.15) is 0 Å². The molecule has 1 heterocycles. The maximum atomic E-state index is 11.3. The minimum Gasteiger partial charge on any atom is -0.317 e. The predicted octanol–water partition coefficient (Wildman–Crippen LogP) is 0.929. The van der Waals surface area contributed by atoms with Crippen molar-refractivity contribution in [2.24, 2.45) is 5.92 Å². The van der Waals surface area contributed by atoms with Gasteiger partial charge in [-0.25, -0.2) is 9.89 Å². The molecule has 0 aromatic carbocycles. The van der Waals surface area contributed by atoms with E-state index in [4.69, 9.17) is 0 Å². The van der Waals surface area contributed by atoms with E-state index in [1.807, 2.05) is 6.92 Å². The fourth-order valence-electron chi connectivity index (χ4n) is 1.36. The van der Waals surface area contributed by atoms with Crippen molar-refractivity contribution < 1.29 is 0 Å². The number of aromatic amines is 1. The molecule has 0 aliphatic carbocycles. The van der Waals surface area contributed by atoms with Crippen LogP contribution in [0.5, 0.6) is 0 Å². The van der Waals surface area contributed by atoms with Crippen molar-refractivity contribution in [3.63, 3.8) is 0 Å². The third-order valence-electron chi connectivity index (χ3n) is 2.28. The van der Waals surface area contributed by atoms with Crippen molar-refractivity contribution in [1.29, 1.82) is 0 Å². The molecule has 2 N–H and O–H groups in total. The van der Waals surface area contributed by atoms with E-state index in [0.717, 1.165) is 24.0 Å². The second-order valence-corrected chi connectivity index (χ2v) is 4.77. The third-order valence-corrected chi connectivity index (χ3v) is 3.58. The second-order valence-electron chi connectivity index (χ2n) is 3.78. The Morgan fingerprint density at radius 1 is 1.56 bits per heavy atom. The zero-order chi connectivity index (χ0) is 12.0. The number of thioether (sulfide) groups is 1. The Morgan fingerprint density at radius 2 is 2.31 bits per heavy atom. The van der Waals surface area contributed by atoms with Gasteiger partial charge in [-0.15, -0.1) is 5.10 Å². The standard InChI is InChI=1S/C10H20N4OS/c1-4-11-6-8(3)7-16-10-13-12-9(15)14(10)5-2/h8,11H,4-7H2,1-3H3,(H,12,15). The lowest BCUT2D eigenvalue weighted by atomic mass is 10.2. The van der Waals surface area contributed by atoms with Crippen LogP contribution in [0.2, 0.25) is 0 Å². The molecule has 0 saturated heterocycles. The largest absolute Gasteiger partial charge is 0.343 e. The molecule has 92 valence electrons. The summed E-state index contributed by atoms with van der Waals surface area (Å²) in [5.74, 6) is 1.54. The molecule has 1 rings (SSSR count). The van der Waals surface area contributed by atoms with E-state index in [-0.39, 0.29) is 5.69 Å². The zero-order valence-electron chi connectivity index (χ0n) is 10.1. The minimum atomic E-state index is -0.121. The van der Waals surface area contributed by atoms with Gasteiger partial charge in [-0.3, -0.25) is 4.57 Å². The fourth-order valence-corrected chi connectivity index (χ4v) is 2.39. The van der Waals surface area contributed by atoms with Crippen LogP contribution >= 0.6 is 11.8 Å². The summed E-state index contributed by atoms with van der Waals surface area (Å²) in [6.45, 7) is 8.91. The lowest BCUT2D eigenvalue weighted by Crippen LogP contribution is -2.22. The summed E-state index contributed by atoms with van der Waals surface area (Å²) < 4.78 is 1.66. The van der Waals surface area contributed by atoms with Crippen LogP contribution in [0.15, 0.2) is 9.95 Å². The van der Waals surface area contributed by atoms with E-state index in [0.29, 0.717) is 12.5 Å². The number of rotatable bonds is 7. The molecule has 0 bridgehead atoms.